The van der Waals surface area contributed by atoms with Crippen molar-refractivity contribution in [3.63, 3.8) is 0 Å². The lowest BCUT2D eigenvalue weighted by Gasteiger charge is -2.18. The van der Waals surface area contributed by atoms with Gasteiger partial charge in [0.15, 0.2) is 6.10 Å². The van der Waals surface area contributed by atoms with Gasteiger partial charge >= 0.3 is 0 Å². The summed E-state index contributed by atoms with van der Waals surface area (Å²) in [6.07, 6.45) is 3.56. The molecule has 0 fully saturated rings. The molecule has 1 aromatic heterocycles. The van der Waals surface area contributed by atoms with E-state index in [4.69, 9.17) is 4.74 Å². The predicted octanol–water partition coefficient (Wildman–Crippen LogP) is 3.17. The fraction of sp³-hybridized carbons (Fsp3) is 0.333. The summed E-state index contributed by atoms with van der Waals surface area (Å²) < 4.78 is 5.83. The zero-order valence-corrected chi connectivity index (χ0v) is 13.3. The standard InChI is InChI=1S/C18H22N2O2/c1-4-17(22-16-6-5-13(2)14(3)11-16)18(21)20-12-15-7-9-19-10-8-15/h5-11,17H,4,12H2,1-3H3,(H,20,21). The molecule has 1 N–H and O–H groups in total. The topological polar surface area (TPSA) is 51.2 Å². The predicted molar refractivity (Wildman–Crippen MR) is 86.7 cm³/mol. The Kier molecular flexibility index (Phi) is 5.53. The van der Waals surface area contributed by atoms with Crippen LogP contribution in [0.25, 0.3) is 0 Å². The Morgan fingerprint density at radius 1 is 1.18 bits per heavy atom. The summed E-state index contributed by atoms with van der Waals surface area (Å²) in [4.78, 5) is 16.2. The molecule has 1 aromatic carbocycles. The van der Waals surface area contributed by atoms with Crippen LogP contribution in [0.1, 0.15) is 30.0 Å². The molecule has 0 aliphatic heterocycles. The van der Waals surface area contributed by atoms with Crippen LogP contribution in [0.5, 0.6) is 5.75 Å². The number of carbonyl (C=O) groups is 1. The van der Waals surface area contributed by atoms with Gasteiger partial charge in [-0.1, -0.05) is 13.0 Å². The number of hydrogen-bond donors (Lipinski definition) is 1. The van der Waals surface area contributed by atoms with Gasteiger partial charge in [-0.3, -0.25) is 9.78 Å². The molecular weight excluding hydrogens is 276 g/mol. The first-order valence-electron chi connectivity index (χ1n) is 7.50. The van der Waals surface area contributed by atoms with Crippen molar-refractivity contribution < 1.29 is 9.53 Å². The zero-order chi connectivity index (χ0) is 15.9. The number of nitrogens with zero attached hydrogens (tertiary/aromatic N) is 1. The molecule has 0 saturated heterocycles. The molecule has 0 radical (unpaired) electrons. The van der Waals surface area contributed by atoms with Crippen LogP contribution in [0.4, 0.5) is 0 Å². The first-order valence-corrected chi connectivity index (χ1v) is 7.50. The van der Waals surface area contributed by atoms with Crippen molar-refractivity contribution in [2.75, 3.05) is 0 Å². The Morgan fingerprint density at radius 3 is 2.55 bits per heavy atom. The number of benzene rings is 1. The minimum absolute atomic E-state index is 0.0995. The third-order valence-corrected chi connectivity index (χ3v) is 3.64. The highest BCUT2D eigenvalue weighted by molar-refractivity contribution is 5.81. The van der Waals surface area contributed by atoms with Crippen molar-refractivity contribution in [2.24, 2.45) is 0 Å². The summed E-state index contributed by atoms with van der Waals surface area (Å²) in [5, 5.41) is 2.90. The largest absolute Gasteiger partial charge is 0.481 e. The number of aryl methyl sites for hydroxylation is 2. The Morgan fingerprint density at radius 2 is 1.91 bits per heavy atom. The van der Waals surface area contributed by atoms with Crippen molar-refractivity contribution in [1.82, 2.24) is 10.3 Å². The fourth-order valence-corrected chi connectivity index (χ4v) is 2.08. The van der Waals surface area contributed by atoms with E-state index in [1.807, 2.05) is 44.2 Å². The molecule has 2 aromatic rings. The van der Waals surface area contributed by atoms with E-state index in [1.165, 1.54) is 5.56 Å². The number of pyridine rings is 1. The molecule has 0 saturated carbocycles. The van der Waals surface area contributed by atoms with Crippen molar-refractivity contribution in [3.05, 3.63) is 59.4 Å². The Bertz CT molecular complexity index is 626. The Labute approximate surface area is 131 Å². The second-order valence-electron chi connectivity index (χ2n) is 5.33. The first-order chi connectivity index (χ1) is 10.6. The van der Waals surface area contributed by atoms with Gasteiger partial charge < -0.3 is 10.1 Å². The van der Waals surface area contributed by atoms with Gasteiger partial charge in [-0.05, 0) is 61.2 Å². The van der Waals surface area contributed by atoms with E-state index < -0.39 is 6.10 Å². The maximum atomic E-state index is 12.3. The van der Waals surface area contributed by atoms with Crippen LogP contribution in [0.3, 0.4) is 0 Å². The lowest BCUT2D eigenvalue weighted by molar-refractivity contribution is -0.128. The average Bonchev–Trinajstić information content (AvgIpc) is 2.54. The van der Waals surface area contributed by atoms with E-state index >= 15 is 0 Å². The summed E-state index contributed by atoms with van der Waals surface area (Å²) >= 11 is 0. The Balaban J connectivity index is 1.95. The molecule has 22 heavy (non-hydrogen) atoms. The number of aromatic nitrogens is 1. The second-order valence-corrected chi connectivity index (χ2v) is 5.33. The average molecular weight is 298 g/mol. The van der Waals surface area contributed by atoms with E-state index in [-0.39, 0.29) is 5.91 Å². The summed E-state index contributed by atoms with van der Waals surface area (Å²) in [6, 6.07) is 9.64. The minimum Gasteiger partial charge on any atom is -0.481 e. The number of hydrogen-bond acceptors (Lipinski definition) is 3. The van der Waals surface area contributed by atoms with E-state index in [9.17, 15) is 4.79 Å². The van der Waals surface area contributed by atoms with Crippen molar-refractivity contribution in [2.45, 2.75) is 39.8 Å². The highest BCUT2D eigenvalue weighted by Crippen LogP contribution is 2.18. The molecule has 4 nitrogen and oxygen atoms in total. The quantitative estimate of drug-likeness (QED) is 0.891. The molecule has 0 aliphatic rings. The maximum Gasteiger partial charge on any atom is 0.261 e. The van der Waals surface area contributed by atoms with Crippen molar-refractivity contribution in [1.29, 1.82) is 0 Å². The van der Waals surface area contributed by atoms with Crippen molar-refractivity contribution >= 4 is 5.91 Å². The third kappa shape index (κ3) is 4.32. The van der Waals surface area contributed by atoms with Gasteiger partial charge in [0, 0.05) is 18.9 Å². The number of amides is 1. The monoisotopic (exact) mass is 298 g/mol. The number of ether oxygens (including phenoxy) is 1. The summed E-state index contributed by atoms with van der Waals surface area (Å²) in [5.41, 5.74) is 3.39. The van der Waals surface area contributed by atoms with Crippen LogP contribution >= 0.6 is 0 Å². The van der Waals surface area contributed by atoms with Crippen LogP contribution in [0.2, 0.25) is 0 Å². The number of rotatable bonds is 6. The third-order valence-electron chi connectivity index (χ3n) is 3.64. The fourth-order valence-electron chi connectivity index (χ4n) is 2.08. The molecule has 1 amide bonds. The van der Waals surface area contributed by atoms with Crippen LogP contribution in [-0.4, -0.2) is 17.0 Å². The summed E-state index contributed by atoms with van der Waals surface area (Å²) in [7, 11) is 0. The van der Waals surface area contributed by atoms with Crippen LogP contribution in [0, 0.1) is 13.8 Å². The molecule has 0 bridgehead atoms. The molecular formula is C18H22N2O2. The van der Waals surface area contributed by atoms with E-state index in [0.29, 0.717) is 13.0 Å². The lowest BCUT2D eigenvalue weighted by atomic mass is 10.1. The van der Waals surface area contributed by atoms with Gasteiger partial charge in [-0.25, -0.2) is 0 Å². The molecule has 0 aliphatic carbocycles. The van der Waals surface area contributed by atoms with Gasteiger partial charge in [0.05, 0.1) is 0 Å². The molecule has 2 rings (SSSR count). The van der Waals surface area contributed by atoms with Gasteiger partial charge in [0.2, 0.25) is 0 Å². The van der Waals surface area contributed by atoms with Crippen LogP contribution in [0.15, 0.2) is 42.7 Å². The van der Waals surface area contributed by atoms with Gasteiger partial charge in [0.1, 0.15) is 5.75 Å². The van der Waals surface area contributed by atoms with Crippen LogP contribution in [-0.2, 0) is 11.3 Å². The van der Waals surface area contributed by atoms with Gasteiger partial charge in [-0.2, -0.15) is 0 Å². The van der Waals surface area contributed by atoms with Crippen LogP contribution < -0.4 is 10.1 Å². The molecule has 1 unspecified atom stereocenters. The highest BCUT2D eigenvalue weighted by Gasteiger charge is 2.18. The van der Waals surface area contributed by atoms with E-state index in [0.717, 1.165) is 16.9 Å². The van der Waals surface area contributed by atoms with Gasteiger partial charge in [-0.15, -0.1) is 0 Å². The Hall–Kier alpha value is -2.36. The minimum atomic E-state index is -0.482. The van der Waals surface area contributed by atoms with Gasteiger partial charge in [0.25, 0.3) is 5.91 Å². The molecule has 116 valence electrons. The van der Waals surface area contributed by atoms with Crippen molar-refractivity contribution in [3.8, 4) is 5.75 Å². The second kappa shape index (κ2) is 7.59. The first kappa shape index (κ1) is 16.0. The van der Waals surface area contributed by atoms with E-state index in [2.05, 4.69) is 17.2 Å². The normalized spacial score (nSPS) is 11.8. The highest BCUT2D eigenvalue weighted by atomic mass is 16.5. The maximum absolute atomic E-state index is 12.3. The molecule has 4 heteroatoms. The summed E-state index contributed by atoms with van der Waals surface area (Å²) in [6.45, 7) is 6.51. The summed E-state index contributed by atoms with van der Waals surface area (Å²) in [5.74, 6) is 0.631. The smallest absolute Gasteiger partial charge is 0.261 e. The zero-order valence-electron chi connectivity index (χ0n) is 13.3. The SMILES string of the molecule is CCC(Oc1ccc(C)c(C)c1)C(=O)NCc1ccncc1. The number of carbonyl (C=O) groups excluding carboxylic acids is 1. The molecule has 1 atom stereocenters. The molecule has 1 heterocycles. The number of nitrogens with one attached hydrogen (secondary N) is 1. The lowest BCUT2D eigenvalue weighted by Crippen LogP contribution is -2.37. The van der Waals surface area contributed by atoms with E-state index in [1.54, 1.807) is 12.4 Å². The molecule has 0 spiro atoms.